The maximum absolute atomic E-state index is 6.29. The van der Waals surface area contributed by atoms with Gasteiger partial charge in [-0.2, -0.15) is 0 Å². The van der Waals surface area contributed by atoms with Crippen molar-refractivity contribution in [1.82, 2.24) is 5.32 Å². The Kier molecular flexibility index (Phi) is 4.18. The summed E-state index contributed by atoms with van der Waals surface area (Å²) in [4.78, 5) is 0. The lowest BCUT2D eigenvalue weighted by molar-refractivity contribution is 0.412. The van der Waals surface area contributed by atoms with Crippen molar-refractivity contribution in [2.45, 2.75) is 31.8 Å². The van der Waals surface area contributed by atoms with Crippen LogP contribution in [0.15, 0.2) is 42.5 Å². The summed E-state index contributed by atoms with van der Waals surface area (Å²) in [5.41, 5.74) is 3.92. The Balaban J connectivity index is 1.80. The van der Waals surface area contributed by atoms with Gasteiger partial charge in [0, 0.05) is 17.1 Å². The fourth-order valence-electron chi connectivity index (χ4n) is 3.10. The number of aryl methyl sites for hydroxylation is 1. The Labute approximate surface area is 131 Å². The normalized spacial score (nSPS) is 18.3. The fourth-order valence-corrected chi connectivity index (χ4v) is 3.40. The molecule has 0 saturated heterocycles. The van der Waals surface area contributed by atoms with E-state index in [1.54, 1.807) is 7.11 Å². The summed E-state index contributed by atoms with van der Waals surface area (Å²) in [5, 5.41) is 4.52. The van der Waals surface area contributed by atoms with Crippen LogP contribution in [-0.2, 0) is 6.42 Å². The van der Waals surface area contributed by atoms with Crippen LogP contribution in [0.4, 0.5) is 0 Å². The van der Waals surface area contributed by atoms with Crippen LogP contribution in [0.25, 0.3) is 0 Å². The molecule has 2 aromatic rings. The van der Waals surface area contributed by atoms with Gasteiger partial charge in [-0.1, -0.05) is 35.9 Å². The van der Waals surface area contributed by atoms with E-state index in [0.717, 1.165) is 29.2 Å². The Bertz CT molecular complexity index is 641. The van der Waals surface area contributed by atoms with Crippen LogP contribution in [0, 0.1) is 0 Å². The molecule has 110 valence electrons. The molecule has 1 aliphatic rings. The van der Waals surface area contributed by atoms with Crippen LogP contribution in [0.2, 0.25) is 5.02 Å². The zero-order chi connectivity index (χ0) is 14.8. The van der Waals surface area contributed by atoms with Crippen molar-refractivity contribution in [3.8, 4) is 5.75 Å². The molecule has 2 aromatic carbocycles. The molecule has 0 heterocycles. The van der Waals surface area contributed by atoms with E-state index in [9.17, 15) is 0 Å². The van der Waals surface area contributed by atoms with Crippen molar-refractivity contribution in [2.24, 2.45) is 0 Å². The summed E-state index contributed by atoms with van der Waals surface area (Å²) in [6.07, 6.45) is 2.24. The molecule has 0 spiro atoms. The van der Waals surface area contributed by atoms with Crippen molar-refractivity contribution in [3.05, 3.63) is 64.2 Å². The summed E-state index contributed by atoms with van der Waals surface area (Å²) in [7, 11) is 1.71. The first-order valence-corrected chi connectivity index (χ1v) is 7.74. The van der Waals surface area contributed by atoms with Gasteiger partial charge in [0.25, 0.3) is 0 Å². The van der Waals surface area contributed by atoms with E-state index in [1.165, 1.54) is 11.1 Å². The van der Waals surface area contributed by atoms with Crippen molar-refractivity contribution in [1.29, 1.82) is 0 Å². The molecule has 0 amide bonds. The van der Waals surface area contributed by atoms with Crippen LogP contribution in [0.5, 0.6) is 5.75 Å². The number of hydrogen-bond acceptors (Lipinski definition) is 2. The highest BCUT2D eigenvalue weighted by molar-refractivity contribution is 6.31. The van der Waals surface area contributed by atoms with E-state index in [4.69, 9.17) is 16.3 Å². The molecule has 3 heteroatoms. The molecule has 1 N–H and O–H groups in total. The molecular weight excluding hydrogens is 282 g/mol. The van der Waals surface area contributed by atoms with Crippen LogP contribution in [0.1, 0.15) is 42.1 Å². The summed E-state index contributed by atoms with van der Waals surface area (Å²) in [5.74, 6) is 0.924. The number of halogens is 1. The van der Waals surface area contributed by atoms with Gasteiger partial charge in [0.2, 0.25) is 0 Å². The maximum Gasteiger partial charge on any atom is 0.119 e. The molecule has 0 saturated carbocycles. The largest absolute Gasteiger partial charge is 0.497 e. The number of benzene rings is 2. The minimum atomic E-state index is 0.223. The number of rotatable bonds is 4. The predicted octanol–water partition coefficient (Wildman–Crippen LogP) is 4.69. The molecule has 0 fully saturated rings. The van der Waals surface area contributed by atoms with Gasteiger partial charge in [0.05, 0.1) is 7.11 Å². The average molecular weight is 302 g/mol. The number of ether oxygens (including phenoxy) is 1. The van der Waals surface area contributed by atoms with E-state index < -0.39 is 0 Å². The molecule has 21 heavy (non-hydrogen) atoms. The first-order chi connectivity index (χ1) is 10.2. The number of methoxy groups -OCH3 is 1. The molecule has 1 aliphatic carbocycles. The Morgan fingerprint density at radius 3 is 2.81 bits per heavy atom. The van der Waals surface area contributed by atoms with Gasteiger partial charge in [0.1, 0.15) is 5.75 Å². The second-order valence-electron chi connectivity index (χ2n) is 5.57. The topological polar surface area (TPSA) is 21.3 Å². The first kappa shape index (κ1) is 14.4. The molecule has 0 bridgehead atoms. The van der Waals surface area contributed by atoms with Crippen LogP contribution in [0.3, 0.4) is 0 Å². The van der Waals surface area contributed by atoms with Gasteiger partial charge in [-0.25, -0.2) is 0 Å². The number of hydrogen-bond donors (Lipinski definition) is 1. The van der Waals surface area contributed by atoms with Gasteiger partial charge in [0.15, 0.2) is 0 Å². The molecule has 2 nitrogen and oxygen atoms in total. The zero-order valence-electron chi connectivity index (χ0n) is 12.4. The lowest BCUT2D eigenvalue weighted by Gasteiger charge is -2.22. The Morgan fingerprint density at radius 1 is 1.24 bits per heavy atom. The minimum Gasteiger partial charge on any atom is -0.497 e. The third-order valence-electron chi connectivity index (χ3n) is 4.25. The smallest absolute Gasteiger partial charge is 0.119 e. The van der Waals surface area contributed by atoms with Gasteiger partial charge in [-0.3, -0.25) is 0 Å². The van der Waals surface area contributed by atoms with Crippen molar-refractivity contribution < 1.29 is 4.74 Å². The quantitative estimate of drug-likeness (QED) is 0.885. The highest BCUT2D eigenvalue weighted by Crippen LogP contribution is 2.36. The SMILES string of the molecule is COc1ccc2c(c1)C(N[C@@H](C)c1ccccc1Cl)CC2. The van der Waals surface area contributed by atoms with Crippen LogP contribution >= 0.6 is 11.6 Å². The highest BCUT2D eigenvalue weighted by Gasteiger charge is 2.24. The minimum absolute atomic E-state index is 0.223. The number of nitrogens with one attached hydrogen (secondary N) is 1. The van der Waals surface area contributed by atoms with Gasteiger partial charge < -0.3 is 10.1 Å². The second-order valence-corrected chi connectivity index (χ2v) is 5.97. The molecule has 0 aromatic heterocycles. The highest BCUT2D eigenvalue weighted by atomic mass is 35.5. The van der Waals surface area contributed by atoms with E-state index in [-0.39, 0.29) is 6.04 Å². The van der Waals surface area contributed by atoms with E-state index in [2.05, 4.69) is 30.4 Å². The predicted molar refractivity (Wildman–Crippen MR) is 87.1 cm³/mol. The zero-order valence-corrected chi connectivity index (χ0v) is 13.2. The second kappa shape index (κ2) is 6.08. The molecule has 3 rings (SSSR count). The van der Waals surface area contributed by atoms with Gasteiger partial charge in [-0.15, -0.1) is 0 Å². The standard InChI is InChI=1S/C18H20ClNO/c1-12(15-5-3-4-6-17(15)19)20-18-10-8-13-7-9-14(21-2)11-16(13)18/h3-7,9,11-12,18,20H,8,10H2,1-2H3/t12-,18?/m0/s1. The summed E-state index contributed by atoms with van der Waals surface area (Å²) < 4.78 is 5.35. The van der Waals surface area contributed by atoms with Crippen molar-refractivity contribution in [2.75, 3.05) is 7.11 Å². The Hall–Kier alpha value is -1.51. The summed E-state index contributed by atoms with van der Waals surface area (Å²) in [6.45, 7) is 2.17. The van der Waals surface area contributed by atoms with Crippen molar-refractivity contribution >= 4 is 11.6 Å². The average Bonchev–Trinajstić information content (AvgIpc) is 2.90. The van der Waals surface area contributed by atoms with Gasteiger partial charge in [-0.05, 0) is 54.7 Å². The summed E-state index contributed by atoms with van der Waals surface area (Å²) >= 11 is 6.29. The van der Waals surface area contributed by atoms with E-state index >= 15 is 0 Å². The lowest BCUT2D eigenvalue weighted by Crippen LogP contribution is -2.23. The molecule has 0 radical (unpaired) electrons. The fraction of sp³-hybridized carbons (Fsp3) is 0.333. The van der Waals surface area contributed by atoms with Gasteiger partial charge >= 0.3 is 0 Å². The monoisotopic (exact) mass is 301 g/mol. The third kappa shape index (κ3) is 2.92. The molecular formula is C18H20ClNO. The van der Waals surface area contributed by atoms with Crippen LogP contribution < -0.4 is 10.1 Å². The maximum atomic E-state index is 6.29. The number of fused-ring (bicyclic) bond motifs is 1. The lowest BCUT2D eigenvalue weighted by atomic mass is 10.0. The van der Waals surface area contributed by atoms with Crippen LogP contribution in [-0.4, -0.2) is 7.11 Å². The molecule has 2 atom stereocenters. The van der Waals surface area contributed by atoms with E-state index in [1.807, 2.05) is 24.3 Å². The molecule has 1 unspecified atom stereocenters. The first-order valence-electron chi connectivity index (χ1n) is 7.36. The third-order valence-corrected chi connectivity index (χ3v) is 4.60. The van der Waals surface area contributed by atoms with Crippen molar-refractivity contribution in [3.63, 3.8) is 0 Å². The summed E-state index contributed by atoms with van der Waals surface area (Å²) in [6, 6.07) is 15.0. The van der Waals surface area contributed by atoms with E-state index in [0.29, 0.717) is 6.04 Å². The molecule has 0 aliphatic heterocycles. The Morgan fingerprint density at radius 2 is 2.05 bits per heavy atom.